The molecule has 2 aromatic heterocycles. The second-order valence-electron chi connectivity index (χ2n) is 8.05. The molecule has 0 spiro atoms. The van der Waals surface area contributed by atoms with E-state index in [9.17, 15) is 17.8 Å². The van der Waals surface area contributed by atoms with E-state index in [0.717, 1.165) is 0 Å². The number of aromatic nitrogens is 4. The number of hydrogen-bond donors (Lipinski definition) is 1. The Bertz CT molecular complexity index is 1220. The van der Waals surface area contributed by atoms with Crippen LogP contribution in [0, 0.1) is 17.6 Å². The third-order valence-electron chi connectivity index (χ3n) is 5.80. The number of piperazine rings is 1. The van der Waals surface area contributed by atoms with Crippen molar-refractivity contribution < 1.29 is 17.7 Å². The lowest BCUT2D eigenvalue weighted by atomic mass is 10.2. The SMILES string of the molecule is Cn1ncc2c(=O)[nH]c(N3CCN(c4c(F)cc(OCC5CS(=O)C5)cc4F)CC3)nc21. The number of anilines is 2. The molecule has 5 rings (SSSR count). The Morgan fingerprint density at radius 3 is 2.47 bits per heavy atom. The van der Waals surface area contributed by atoms with E-state index < -0.39 is 22.4 Å². The van der Waals surface area contributed by atoms with Gasteiger partial charge in [-0.05, 0) is 0 Å². The predicted octanol–water partition coefficient (Wildman–Crippen LogP) is 1.02. The molecule has 2 saturated heterocycles. The molecule has 0 radical (unpaired) electrons. The van der Waals surface area contributed by atoms with Crippen LogP contribution in [0.15, 0.2) is 23.1 Å². The van der Waals surface area contributed by atoms with Crippen LogP contribution in [0.4, 0.5) is 20.4 Å². The molecule has 0 aliphatic carbocycles. The van der Waals surface area contributed by atoms with Crippen LogP contribution in [0.25, 0.3) is 11.0 Å². The summed E-state index contributed by atoms with van der Waals surface area (Å²) in [6, 6.07) is 2.38. The molecule has 0 saturated carbocycles. The molecule has 1 N–H and O–H groups in total. The van der Waals surface area contributed by atoms with Gasteiger partial charge in [-0.3, -0.25) is 18.7 Å². The van der Waals surface area contributed by atoms with Gasteiger partial charge in [-0.15, -0.1) is 0 Å². The first kappa shape index (κ1) is 20.9. The first-order valence-corrected chi connectivity index (χ1v) is 11.8. The van der Waals surface area contributed by atoms with Gasteiger partial charge in [0.2, 0.25) is 5.95 Å². The van der Waals surface area contributed by atoms with Crippen molar-refractivity contribution in [3.05, 3.63) is 40.3 Å². The van der Waals surface area contributed by atoms with Crippen LogP contribution >= 0.6 is 0 Å². The van der Waals surface area contributed by atoms with Gasteiger partial charge in [0.1, 0.15) is 16.8 Å². The number of fused-ring (bicyclic) bond motifs is 1. The minimum atomic E-state index is -0.787. The number of rotatable bonds is 5. The Labute approximate surface area is 184 Å². The van der Waals surface area contributed by atoms with Crippen molar-refractivity contribution in [2.45, 2.75) is 0 Å². The van der Waals surface area contributed by atoms with Gasteiger partial charge in [-0.25, -0.2) is 8.78 Å². The van der Waals surface area contributed by atoms with E-state index in [2.05, 4.69) is 15.1 Å². The number of aryl methyl sites for hydroxylation is 1. The van der Waals surface area contributed by atoms with E-state index in [-0.39, 0.29) is 22.9 Å². The molecular formula is C20H22F2N6O3S. The van der Waals surface area contributed by atoms with Crippen molar-refractivity contribution in [3.63, 3.8) is 0 Å². The molecular weight excluding hydrogens is 442 g/mol. The standard InChI is InChI=1S/C20H22F2N6O3S/c1-26-18-14(8-23-26)19(29)25-20(24-18)28-4-2-27(3-5-28)17-15(21)6-13(7-16(17)22)31-9-12-10-32(30)11-12/h6-8,12H,2-5,9-11H2,1H3,(H,24,25,29). The fourth-order valence-electron chi connectivity index (χ4n) is 4.03. The molecule has 0 atom stereocenters. The van der Waals surface area contributed by atoms with Crippen LogP contribution in [0.3, 0.4) is 0 Å². The largest absolute Gasteiger partial charge is 0.493 e. The zero-order chi connectivity index (χ0) is 22.4. The van der Waals surface area contributed by atoms with Crippen LogP contribution < -0.4 is 20.1 Å². The second-order valence-corrected chi connectivity index (χ2v) is 9.60. The van der Waals surface area contributed by atoms with Crippen LogP contribution in [-0.4, -0.2) is 68.2 Å². The normalized spacial score (nSPS) is 21.1. The van der Waals surface area contributed by atoms with Crippen molar-refractivity contribution in [1.29, 1.82) is 0 Å². The first-order valence-electron chi connectivity index (χ1n) is 10.3. The molecule has 3 aromatic rings. The number of nitrogens with zero attached hydrogens (tertiary/aromatic N) is 5. The van der Waals surface area contributed by atoms with Crippen LogP contribution in [0.1, 0.15) is 0 Å². The molecule has 2 aliphatic rings. The summed E-state index contributed by atoms with van der Waals surface area (Å²) in [5.41, 5.74) is 0.110. The van der Waals surface area contributed by atoms with Crippen molar-refractivity contribution in [1.82, 2.24) is 19.7 Å². The number of H-pyrrole nitrogens is 1. The lowest BCUT2D eigenvalue weighted by molar-refractivity contribution is 0.265. The van der Waals surface area contributed by atoms with E-state index in [0.29, 0.717) is 61.3 Å². The van der Waals surface area contributed by atoms with Gasteiger partial charge in [-0.2, -0.15) is 10.1 Å². The van der Waals surface area contributed by atoms with Gasteiger partial charge in [0.05, 0.1) is 12.8 Å². The van der Waals surface area contributed by atoms with Gasteiger partial charge >= 0.3 is 0 Å². The quantitative estimate of drug-likeness (QED) is 0.602. The predicted molar refractivity (Wildman–Crippen MR) is 117 cm³/mol. The van der Waals surface area contributed by atoms with Crippen molar-refractivity contribution >= 4 is 33.5 Å². The molecule has 12 heteroatoms. The highest BCUT2D eigenvalue weighted by Crippen LogP contribution is 2.30. The summed E-state index contributed by atoms with van der Waals surface area (Å²) < 4.78 is 47.6. The van der Waals surface area contributed by atoms with Crippen molar-refractivity contribution in [2.75, 3.05) is 54.1 Å². The monoisotopic (exact) mass is 464 g/mol. The summed E-state index contributed by atoms with van der Waals surface area (Å²) in [4.78, 5) is 23.0. The smallest absolute Gasteiger partial charge is 0.263 e. The maximum atomic E-state index is 14.7. The lowest BCUT2D eigenvalue weighted by Gasteiger charge is -2.36. The summed E-state index contributed by atoms with van der Waals surface area (Å²) in [5, 5.41) is 4.46. The molecule has 0 unspecified atom stereocenters. The fraction of sp³-hybridized carbons (Fsp3) is 0.450. The molecule has 1 aromatic carbocycles. The summed E-state index contributed by atoms with van der Waals surface area (Å²) in [5.74, 6) is 0.475. The van der Waals surface area contributed by atoms with Crippen molar-refractivity contribution in [3.8, 4) is 5.75 Å². The molecule has 2 aliphatic heterocycles. The van der Waals surface area contributed by atoms with E-state index in [4.69, 9.17) is 4.74 Å². The van der Waals surface area contributed by atoms with Gasteiger partial charge in [0.25, 0.3) is 5.56 Å². The number of halogens is 2. The Morgan fingerprint density at radius 1 is 1.16 bits per heavy atom. The van der Waals surface area contributed by atoms with Gasteiger partial charge in [0, 0.05) is 73.6 Å². The first-order chi connectivity index (χ1) is 15.4. The molecule has 2 fully saturated rings. The average Bonchev–Trinajstić information content (AvgIpc) is 3.12. The van der Waals surface area contributed by atoms with Gasteiger partial charge in [-0.1, -0.05) is 0 Å². The third-order valence-corrected chi connectivity index (χ3v) is 7.49. The minimum Gasteiger partial charge on any atom is -0.493 e. The minimum absolute atomic E-state index is 0.0923. The Kier molecular flexibility index (Phi) is 5.31. The van der Waals surface area contributed by atoms with Crippen LogP contribution in [-0.2, 0) is 17.8 Å². The lowest BCUT2D eigenvalue weighted by Crippen LogP contribution is -2.48. The molecule has 9 nitrogen and oxygen atoms in total. The number of nitrogens with one attached hydrogen (secondary N) is 1. The highest BCUT2D eigenvalue weighted by Gasteiger charge is 2.27. The van der Waals surface area contributed by atoms with Gasteiger partial charge in [0.15, 0.2) is 17.3 Å². The highest BCUT2D eigenvalue weighted by atomic mass is 32.2. The van der Waals surface area contributed by atoms with E-state index in [1.165, 1.54) is 23.0 Å². The fourth-order valence-corrected chi connectivity index (χ4v) is 5.17. The van der Waals surface area contributed by atoms with E-state index in [1.54, 1.807) is 11.9 Å². The maximum absolute atomic E-state index is 14.7. The summed E-state index contributed by atoms with van der Waals surface area (Å²) >= 11 is 0. The van der Waals surface area contributed by atoms with Gasteiger partial charge < -0.3 is 14.5 Å². The number of hydrogen-bond acceptors (Lipinski definition) is 7. The van der Waals surface area contributed by atoms with Crippen molar-refractivity contribution in [2.24, 2.45) is 13.0 Å². The molecule has 170 valence electrons. The molecule has 0 bridgehead atoms. The number of aromatic amines is 1. The van der Waals surface area contributed by atoms with Crippen LogP contribution in [0.2, 0.25) is 0 Å². The summed E-state index contributed by atoms with van der Waals surface area (Å²) in [7, 11) is 0.923. The van der Waals surface area contributed by atoms with E-state index >= 15 is 0 Å². The third kappa shape index (κ3) is 3.83. The highest BCUT2D eigenvalue weighted by molar-refractivity contribution is 7.86. The topological polar surface area (TPSA) is 96.4 Å². The number of ether oxygens (including phenoxy) is 1. The summed E-state index contributed by atoms with van der Waals surface area (Å²) in [6.07, 6.45) is 1.47. The van der Waals surface area contributed by atoms with Crippen LogP contribution in [0.5, 0.6) is 5.75 Å². The zero-order valence-electron chi connectivity index (χ0n) is 17.4. The molecule has 32 heavy (non-hydrogen) atoms. The Balaban J connectivity index is 1.27. The Morgan fingerprint density at radius 2 is 1.81 bits per heavy atom. The molecule has 4 heterocycles. The Hall–Kier alpha value is -3.02. The maximum Gasteiger partial charge on any atom is 0.263 e. The molecule has 0 amide bonds. The zero-order valence-corrected chi connectivity index (χ0v) is 18.2. The number of benzene rings is 1. The second kappa shape index (κ2) is 8.15. The average molecular weight is 464 g/mol. The van der Waals surface area contributed by atoms with E-state index in [1.807, 2.05) is 4.90 Å². The summed E-state index contributed by atoms with van der Waals surface area (Å²) in [6.45, 7) is 1.88.